The molecule has 0 saturated heterocycles. The quantitative estimate of drug-likeness (QED) is 0.629. The molecule has 118 valence electrons. The van der Waals surface area contributed by atoms with Crippen molar-refractivity contribution in [2.75, 3.05) is 26.1 Å². The number of imidazole rings is 1. The van der Waals surface area contributed by atoms with E-state index in [0.717, 1.165) is 0 Å². The summed E-state index contributed by atoms with van der Waals surface area (Å²) in [7, 11) is 3.09. The van der Waals surface area contributed by atoms with Crippen molar-refractivity contribution in [3.63, 3.8) is 0 Å². The van der Waals surface area contributed by atoms with Crippen LogP contribution in [0.1, 0.15) is 11.9 Å². The molecule has 0 saturated carbocycles. The number of fused-ring (bicyclic) bond motifs is 1. The van der Waals surface area contributed by atoms with Crippen molar-refractivity contribution in [3.05, 3.63) is 30.1 Å². The number of nitrogens with zero attached hydrogens (tertiary/aromatic N) is 3. The summed E-state index contributed by atoms with van der Waals surface area (Å²) in [6, 6.07) is 0. The Morgan fingerprint density at radius 1 is 1.55 bits per heavy atom. The fraction of sp³-hybridized carbons (Fsp3) is 0.385. The Morgan fingerprint density at radius 2 is 2.32 bits per heavy atom. The molecule has 3 rings (SSSR count). The van der Waals surface area contributed by atoms with Crippen molar-refractivity contribution < 1.29 is 19.7 Å². The van der Waals surface area contributed by atoms with Crippen molar-refractivity contribution in [2.45, 2.75) is 12.3 Å². The first kappa shape index (κ1) is 14.4. The molecule has 9 nitrogen and oxygen atoms in total. The summed E-state index contributed by atoms with van der Waals surface area (Å²) >= 11 is 0. The zero-order chi connectivity index (χ0) is 15.9. The first-order chi connectivity index (χ1) is 10.6. The molecular formula is C13H17N5O4. The molecule has 0 spiro atoms. The van der Waals surface area contributed by atoms with Crippen LogP contribution in [0.5, 0.6) is 0 Å². The average Bonchev–Trinajstić information content (AvgIpc) is 3.07. The largest absolute Gasteiger partial charge is 0.506 e. The van der Waals surface area contributed by atoms with Gasteiger partial charge in [-0.2, -0.15) is 0 Å². The zero-order valence-corrected chi connectivity index (χ0v) is 12.2. The van der Waals surface area contributed by atoms with Gasteiger partial charge < -0.3 is 30.3 Å². The molecule has 22 heavy (non-hydrogen) atoms. The fourth-order valence-corrected chi connectivity index (χ4v) is 2.47. The van der Waals surface area contributed by atoms with Crippen molar-refractivity contribution in [3.8, 4) is 0 Å². The molecule has 2 atom stereocenters. The van der Waals surface area contributed by atoms with E-state index in [0.29, 0.717) is 23.2 Å². The maximum Gasteiger partial charge on any atom is 0.212 e. The van der Waals surface area contributed by atoms with E-state index in [2.05, 4.69) is 27.2 Å². The Kier molecular flexibility index (Phi) is 3.51. The lowest BCUT2D eigenvalue weighted by Gasteiger charge is -2.25. The second kappa shape index (κ2) is 5.35. The second-order valence-corrected chi connectivity index (χ2v) is 4.78. The molecule has 2 aliphatic heterocycles. The standard InChI is InChI=1S/C13H17N5O4/c1-6-8-11(17-13(14-2)16-6)18(5-15-8)12-10(21-3)9(20)7(4-19)22-12/h5,10,12,19-20H,1,4H2,2-3H3,(H2,14,16,17)/t10?,12-/m1/s1. The Hall–Kier alpha value is -2.52. The molecule has 0 aliphatic carbocycles. The van der Waals surface area contributed by atoms with Crippen LogP contribution in [-0.2, 0) is 9.47 Å². The predicted molar refractivity (Wildman–Crippen MR) is 79.0 cm³/mol. The minimum absolute atomic E-state index is 0.0800. The second-order valence-electron chi connectivity index (χ2n) is 4.78. The summed E-state index contributed by atoms with van der Waals surface area (Å²) in [6.07, 6.45) is 0.111. The predicted octanol–water partition coefficient (Wildman–Crippen LogP) is 0.160. The lowest BCUT2D eigenvalue weighted by Crippen LogP contribution is -2.36. The van der Waals surface area contributed by atoms with Crippen LogP contribution in [0.25, 0.3) is 5.70 Å². The van der Waals surface area contributed by atoms with Crippen LogP contribution in [0, 0.1) is 0 Å². The number of aliphatic hydroxyl groups excluding tert-OH is 2. The van der Waals surface area contributed by atoms with Gasteiger partial charge in [0.05, 0.1) is 5.70 Å². The van der Waals surface area contributed by atoms with E-state index in [1.807, 2.05) is 0 Å². The van der Waals surface area contributed by atoms with E-state index in [1.54, 1.807) is 17.9 Å². The monoisotopic (exact) mass is 307 g/mol. The molecule has 0 bridgehead atoms. The molecule has 0 fully saturated rings. The Labute approximate surface area is 126 Å². The number of aliphatic imine (C=N–C) groups is 1. The number of rotatable bonds is 3. The summed E-state index contributed by atoms with van der Waals surface area (Å²) in [6.45, 7) is 3.49. The van der Waals surface area contributed by atoms with Gasteiger partial charge in [-0.15, -0.1) is 0 Å². The maximum absolute atomic E-state index is 10.0. The molecule has 3 heterocycles. The van der Waals surface area contributed by atoms with Gasteiger partial charge in [-0.05, 0) is 0 Å². The molecule has 0 amide bonds. The zero-order valence-electron chi connectivity index (χ0n) is 12.2. The Balaban J connectivity index is 2.00. The number of aromatic nitrogens is 2. The molecule has 0 aromatic carbocycles. The van der Waals surface area contributed by atoms with E-state index in [-0.39, 0.29) is 11.5 Å². The Bertz CT molecular complexity index is 678. The molecule has 0 radical (unpaired) electrons. The van der Waals surface area contributed by atoms with Crippen LogP contribution >= 0.6 is 0 Å². The molecular weight excluding hydrogens is 290 g/mol. The molecule has 1 aromatic heterocycles. The third-order valence-electron chi connectivity index (χ3n) is 3.56. The number of guanidine groups is 1. The lowest BCUT2D eigenvalue weighted by molar-refractivity contribution is -0.0337. The summed E-state index contributed by atoms with van der Waals surface area (Å²) in [4.78, 5) is 8.33. The van der Waals surface area contributed by atoms with E-state index in [9.17, 15) is 10.2 Å². The number of hydrogen-bond donors (Lipinski definition) is 4. The molecule has 2 aliphatic rings. The van der Waals surface area contributed by atoms with E-state index in [1.165, 1.54) is 7.11 Å². The minimum atomic E-state index is -0.743. The van der Waals surface area contributed by atoms with E-state index in [4.69, 9.17) is 9.47 Å². The van der Waals surface area contributed by atoms with Gasteiger partial charge in [-0.1, -0.05) is 6.58 Å². The van der Waals surface area contributed by atoms with Crippen LogP contribution in [0.4, 0.5) is 5.82 Å². The van der Waals surface area contributed by atoms with Crippen LogP contribution < -0.4 is 10.6 Å². The van der Waals surface area contributed by atoms with Crippen LogP contribution in [0.2, 0.25) is 0 Å². The number of anilines is 1. The van der Waals surface area contributed by atoms with E-state index < -0.39 is 18.9 Å². The Morgan fingerprint density at radius 3 is 2.95 bits per heavy atom. The number of nitrogens with one attached hydrogen (secondary N) is 2. The highest BCUT2D eigenvalue weighted by atomic mass is 16.6. The first-order valence-corrected chi connectivity index (χ1v) is 6.60. The highest BCUT2D eigenvalue weighted by Crippen LogP contribution is 2.37. The lowest BCUT2D eigenvalue weighted by atomic mass is 10.2. The van der Waals surface area contributed by atoms with Gasteiger partial charge in [-0.3, -0.25) is 9.56 Å². The molecule has 4 N–H and O–H groups in total. The summed E-state index contributed by atoms with van der Waals surface area (Å²) < 4.78 is 12.5. The van der Waals surface area contributed by atoms with Gasteiger partial charge in [0.1, 0.15) is 24.4 Å². The molecule has 1 aromatic rings. The topological polar surface area (TPSA) is 113 Å². The minimum Gasteiger partial charge on any atom is -0.506 e. The molecule has 1 unspecified atom stereocenters. The van der Waals surface area contributed by atoms with Crippen LogP contribution in [-0.4, -0.2) is 52.6 Å². The van der Waals surface area contributed by atoms with Crippen molar-refractivity contribution in [1.29, 1.82) is 0 Å². The summed E-state index contributed by atoms with van der Waals surface area (Å²) in [5.74, 6) is 1.08. The number of ether oxygens (including phenoxy) is 2. The van der Waals surface area contributed by atoms with Crippen LogP contribution in [0.15, 0.2) is 29.4 Å². The van der Waals surface area contributed by atoms with Gasteiger partial charge in [0.15, 0.2) is 17.6 Å². The SMILES string of the molecule is C=C1NC(=NC)Nc2c1ncn2[C@@H]1OC(CO)=C(O)C1OC. The smallest absolute Gasteiger partial charge is 0.212 e. The highest BCUT2D eigenvalue weighted by molar-refractivity contribution is 6.03. The van der Waals surface area contributed by atoms with Gasteiger partial charge >= 0.3 is 0 Å². The third kappa shape index (κ3) is 2.02. The van der Waals surface area contributed by atoms with Gasteiger partial charge in [0.25, 0.3) is 0 Å². The maximum atomic E-state index is 10.0. The van der Waals surface area contributed by atoms with Crippen molar-refractivity contribution >= 4 is 17.5 Å². The number of methoxy groups -OCH3 is 1. The van der Waals surface area contributed by atoms with Gasteiger partial charge in [-0.25, -0.2) is 4.98 Å². The molecule has 9 heteroatoms. The van der Waals surface area contributed by atoms with E-state index >= 15 is 0 Å². The number of aliphatic hydroxyl groups is 2. The normalized spacial score (nSPS) is 25.8. The average molecular weight is 307 g/mol. The third-order valence-corrected chi connectivity index (χ3v) is 3.56. The van der Waals surface area contributed by atoms with Crippen LogP contribution in [0.3, 0.4) is 0 Å². The van der Waals surface area contributed by atoms with Crippen molar-refractivity contribution in [2.24, 2.45) is 4.99 Å². The summed E-state index contributed by atoms with van der Waals surface area (Å²) in [5.41, 5.74) is 1.21. The first-order valence-electron chi connectivity index (χ1n) is 6.60. The fourth-order valence-electron chi connectivity index (χ4n) is 2.47. The number of hydrogen-bond acceptors (Lipinski definition) is 6. The van der Waals surface area contributed by atoms with Gasteiger partial charge in [0.2, 0.25) is 12.2 Å². The summed E-state index contributed by atoms with van der Waals surface area (Å²) in [5, 5.41) is 25.3. The highest BCUT2D eigenvalue weighted by Gasteiger charge is 2.40. The van der Waals surface area contributed by atoms with Crippen molar-refractivity contribution in [1.82, 2.24) is 14.9 Å². The van der Waals surface area contributed by atoms with Gasteiger partial charge in [0, 0.05) is 14.2 Å².